The van der Waals surface area contributed by atoms with Crippen molar-refractivity contribution in [3.05, 3.63) is 27.8 Å². The molecule has 4 rings (SSSR count). The van der Waals surface area contributed by atoms with Gasteiger partial charge in [-0.15, -0.1) is 0 Å². The first-order valence-corrected chi connectivity index (χ1v) is 7.82. The standard InChI is InChI=1S/C13H10BrN3O2S/c14-11-10(8-4-3-7(18)5-9(8)19)15-13-17(11)16-12(20-13)6-1-2-6/h3-6,18-19H,1-2H2. The van der Waals surface area contributed by atoms with E-state index in [1.54, 1.807) is 21.9 Å². The molecule has 2 heterocycles. The molecule has 0 saturated heterocycles. The van der Waals surface area contributed by atoms with Crippen LogP contribution in [0.2, 0.25) is 0 Å². The van der Waals surface area contributed by atoms with Gasteiger partial charge in [-0.25, -0.2) is 4.98 Å². The molecule has 0 unspecified atom stereocenters. The van der Waals surface area contributed by atoms with E-state index in [1.165, 1.54) is 25.0 Å². The van der Waals surface area contributed by atoms with E-state index in [4.69, 9.17) is 0 Å². The number of halogens is 1. The van der Waals surface area contributed by atoms with Gasteiger partial charge in [-0.1, -0.05) is 11.3 Å². The number of rotatable bonds is 2. The van der Waals surface area contributed by atoms with Crippen LogP contribution >= 0.6 is 27.3 Å². The maximum Gasteiger partial charge on any atom is 0.213 e. The van der Waals surface area contributed by atoms with Gasteiger partial charge in [0.2, 0.25) is 4.96 Å². The molecule has 5 nitrogen and oxygen atoms in total. The number of phenols is 2. The van der Waals surface area contributed by atoms with Crippen molar-refractivity contribution >= 4 is 32.2 Å². The Morgan fingerprint density at radius 1 is 1.30 bits per heavy atom. The Hall–Kier alpha value is -1.60. The molecule has 1 fully saturated rings. The molecule has 0 amide bonds. The Bertz CT molecular complexity index is 822. The van der Waals surface area contributed by atoms with E-state index in [0.29, 0.717) is 17.2 Å². The maximum atomic E-state index is 9.94. The third-order valence-electron chi connectivity index (χ3n) is 3.33. The largest absolute Gasteiger partial charge is 0.508 e. The molecule has 7 heteroatoms. The number of benzene rings is 1. The lowest BCUT2D eigenvalue weighted by Gasteiger charge is -2.02. The van der Waals surface area contributed by atoms with Crippen LogP contribution in [0.25, 0.3) is 16.2 Å². The molecule has 0 bridgehead atoms. The zero-order valence-corrected chi connectivity index (χ0v) is 12.6. The number of hydrogen-bond acceptors (Lipinski definition) is 5. The van der Waals surface area contributed by atoms with Crippen molar-refractivity contribution < 1.29 is 10.2 Å². The van der Waals surface area contributed by atoms with Crippen molar-refractivity contribution in [2.75, 3.05) is 0 Å². The third kappa shape index (κ3) is 1.81. The highest BCUT2D eigenvalue weighted by atomic mass is 79.9. The normalized spacial score (nSPS) is 15.1. The molecule has 102 valence electrons. The Labute approximate surface area is 126 Å². The van der Waals surface area contributed by atoms with Gasteiger partial charge in [0, 0.05) is 17.5 Å². The summed E-state index contributed by atoms with van der Waals surface area (Å²) >= 11 is 5.08. The number of imidazole rings is 1. The van der Waals surface area contributed by atoms with Gasteiger partial charge in [-0.2, -0.15) is 9.61 Å². The van der Waals surface area contributed by atoms with Gasteiger partial charge < -0.3 is 10.2 Å². The summed E-state index contributed by atoms with van der Waals surface area (Å²) in [6, 6.07) is 4.47. The molecule has 3 aromatic rings. The predicted molar refractivity (Wildman–Crippen MR) is 79.3 cm³/mol. The number of fused-ring (bicyclic) bond motifs is 1. The van der Waals surface area contributed by atoms with Crippen molar-refractivity contribution in [3.63, 3.8) is 0 Å². The second-order valence-electron chi connectivity index (χ2n) is 4.86. The summed E-state index contributed by atoms with van der Waals surface area (Å²) < 4.78 is 2.48. The van der Waals surface area contributed by atoms with Crippen LogP contribution in [0.15, 0.2) is 22.8 Å². The Morgan fingerprint density at radius 3 is 2.75 bits per heavy atom. The van der Waals surface area contributed by atoms with Crippen molar-refractivity contribution in [1.29, 1.82) is 0 Å². The molecule has 20 heavy (non-hydrogen) atoms. The van der Waals surface area contributed by atoms with Crippen molar-refractivity contribution in [3.8, 4) is 22.8 Å². The van der Waals surface area contributed by atoms with Crippen LogP contribution < -0.4 is 0 Å². The minimum atomic E-state index is -0.00105. The van der Waals surface area contributed by atoms with Crippen LogP contribution in [0, 0.1) is 0 Å². The molecule has 0 spiro atoms. The monoisotopic (exact) mass is 351 g/mol. The van der Waals surface area contributed by atoms with Crippen molar-refractivity contribution in [2.45, 2.75) is 18.8 Å². The summed E-state index contributed by atoms with van der Waals surface area (Å²) in [5.74, 6) is 0.621. The molecule has 1 saturated carbocycles. The molecule has 2 aromatic heterocycles. The van der Waals surface area contributed by atoms with Crippen molar-refractivity contribution in [2.24, 2.45) is 0 Å². The van der Waals surface area contributed by atoms with E-state index >= 15 is 0 Å². The average Bonchev–Trinajstić information content (AvgIpc) is 3.10. The van der Waals surface area contributed by atoms with Crippen molar-refractivity contribution in [1.82, 2.24) is 14.6 Å². The van der Waals surface area contributed by atoms with E-state index < -0.39 is 0 Å². The number of hydrogen-bond donors (Lipinski definition) is 2. The van der Waals surface area contributed by atoms with E-state index in [9.17, 15) is 10.2 Å². The van der Waals surface area contributed by atoms with Crippen LogP contribution in [0.4, 0.5) is 0 Å². The molecule has 1 aromatic carbocycles. The lowest BCUT2D eigenvalue weighted by Crippen LogP contribution is -1.87. The highest BCUT2D eigenvalue weighted by molar-refractivity contribution is 9.10. The van der Waals surface area contributed by atoms with E-state index in [-0.39, 0.29) is 11.5 Å². The first-order valence-electron chi connectivity index (χ1n) is 6.21. The molecular formula is C13H10BrN3O2S. The number of aromatic hydroxyl groups is 2. The third-order valence-corrected chi connectivity index (χ3v) is 5.11. The van der Waals surface area contributed by atoms with E-state index in [0.717, 1.165) is 14.6 Å². The van der Waals surface area contributed by atoms with Crippen LogP contribution in [0.1, 0.15) is 23.8 Å². The number of aromatic nitrogens is 3. The zero-order valence-electron chi connectivity index (χ0n) is 10.2. The Balaban J connectivity index is 1.87. The summed E-state index contributed by atoms with van der Waals surface area (Å²) in [6.45, 7) is 0. The topological polar surface area (TPSA) is 70.7 Å². The number of phenolic OH excluding ortho intramolecular Hbond substituents is 2. The zero-order chi connectivity index (χ0) is 13.9. The molecule has 0 aliphatic heterocycles. The SMILES string of the molecule is Oc1ccc(-c2nc3sc(C4CC4)nn3c2Br)c(O)c1. The quantitative estimate of drug-likeness (QED) is 0.741. The summed E-state index contributed by atoms with van der Waals surface area (Å²) in [5.41, 5.74) is 1.20. The fourth-order valence-electron chi connectivity index (χ4n) is 2.13. The van der Waals surface area contributed by atoms with Crippen LogP contribution in [0.5, 0.6) is 11.5 Å². The molecule has 1 aliphatic carbocycles. The maximum absolute atomic E-state index is 9.94. The van der Waals surface area contributed by atoms with E-state index in [2.05, 4.69) is 26.0 Å². The average molecular weight is 352 g/mol. The minimum absolute atomic E-state index is 0.00105. The molecule has 1 aliphatic rings. The van der Waals surface area contributed by atoms with Gasteiger partial charge in [-0.05, 0) is 40.9 Å². The fourth-order valence-corrected chi connectivity index (χ4v) is 3.86. The van der Waals surface area contributed by atoms with Gasteiger partial charge in [-0.3, -0.25) is 0 Å². The molecular weight excluding hydrogens is 342 g/mol. The first kappa shape index (κ1) is 12.2. The second kappa shape index (κ2) is 4.20. The number of nitrogens with zero attached hydrogens (tertiary/aromatic N) is 3. The fraction of sp³-hybridized carbons (Fsp3) is 0.231. The van der Waals surface area contributed by atoms with Crippen LogP contribution in [-0.4, -0.2) is 24.8 Å². The van der Waals surface area contributed by atoms with Gasteiger partial charge in [0.1, 0.15) is 26.8 Å². The smallest absolute Gasteiger partial charge is 0.213 e. The Morgan fingerprint density at radius 2 is 2.10 bits per heavy atom. The molecule has 0 radical (unpaired) electrons. The molecule has 2 N–H and O–H groups in total. The van der Waals surface area contributed by atoms with Gasteiger partial charge in [0.25, 0.3) is 0 Å². The Kier molecular flexibility index (Phi) is 2.55. The second-order valence-corrected chi connectivity index (χ2v) is 6.60. The lowest BCUT2D eigenvalue weighted by atomic mass is 10.1. The lowest BCUT2D eigenvalue weighted by molar-refractivity contribution is 0.452. The highest BCUT2D eigenvalue weighted by Gasteiger charge is 2.29. The minimum Gasteiger partial charge on any atom is -0.508 e. The van der Waals surface area contributed by atoms with Crippen LogP contribution in [-0.2, 0) is 0 Å². The highest BCUT2D eigenvalue weighted by Crippen LogP contribution is 2.43. The summed E-state index contributed by atoms with van der Waals surface area (Å²) in [6.07, 6.45) is 2.42. The predicted octanol–water partition coefficient (Wildman–Crippen LogP) is 3.51. The van der Waals surface area contributed by atoms with E-state index in [1.807, 2.05) is 0 Å². The summed E-state index contributed by atoms with van der Waals surface area (Å²) in [7, 11) is 0. The summed E-state index contributed by atoms with van der Waals surface area (Å²) in [4.78, 5) is 5.34. The molecule has 0 atom stereocenters. The van der Waals surface area contributed by atoms with Gasteiger partial charge in [0.05, 0.1) is 0 Å². The summed E-state index contributed by atoms with van der Waals surface area (Å²) in [5, 5.41) is 25.0. The van der Waals surface area contributed by atoms with Crippen LogP contribution in [0.3, 0.4) is 0 Å². The van der Waals surface area contributed by atoms with Gasteiger partial charge >= 0.3 is 0 Å². The first-order chi connectivity index (χ1) is 9.63. The van der Waals surface area contributed by atoms with Gasteiger partial charge in [0.15, 0.2) is 0 Å².